The highest BCUT2D eigenvalue weighted by Crippen LogP contribution is 2.23. The monoisotopic (exact) mass is 232 g/mol. The smallest absolute Gasteiger partial charge is 0.104 e. The first-order valence-electron chi connectivity index (χ1n) is 5.17. The second-order valence-corrected chi connectivity index (χ2v) is 4.30. The molecule has 0 radical (unpaired) electrons. The molecule has 1 unspecified atom stereocenters. The predicted molar refractivity (Wildman–Crippen MR) is 66.7 cm³/mol. The lowest BCUT2D eigenvalue weighted by atomic mass is 10.0. The van der Waals surface area contributed by atoms with Crippen LogP contribution in [-0.2, 0) is 0 Å². The van der Waals surface area contributed by atoms with Crippen LogP contribution in [-0.4, -0.2) is 5.11 Å². The number of halogens is 1. The molecule has 0 aromatic heterocycles. The molecule has 1 nitrogen and oxygen atoms in total. The summed E-state index contributed by atoms with van der Waals surface area (Å²) < 4.78 is 0. The summed E-state index contributed by atoms with van der Waals surface area (Å²) in [5.74, 6) is 0. The molecule has 0 amide bonds. The highest BCUT2D eigenvalue weighted by molar-refractivity contribution is 6.30. The van der Waals surface area contributed by atoms with Crippen LogP contribution in [0.4, 0.5) is 0 Å². The van der Waals surface area contributed by atoms with Crippen LogP contribution in [0.15, 0.2) is 48.5 Å². The topological polar surface area (TPSA) is 20.2 Å². The molecular weight excluding hydrogens is 220 g/mol. The third kappa shape index (κ3) is 2.43. The average Bonchev–Trinajstić information content (AvgIpc) is 2.30. The number of hydrogen-bond donors (Lipinski definition) is 1. The quantitative estimate of drug-likeness (QED) is 0.837. The van der Waals surface area contributed by atoms with Crippen molar-refractivity contribution < 1.29 is 5.11 Å². The van der Waals surface area contributed by atoms with Crippen molar-refractivity contribution in [2.24, 2.45) is 0 Å². The number of hydrogen-bond acceptors (Lipinski definition) is 1. The van der Waals surface area contributed by atoms with E-state index in [4.69, 9.17) is 11.6 Å². The predicted octanol–water partition coefficient (Wildman–Crippen LogP) is 3.73. The Morgan fingerprint density at radius 3 is 1.81 bits per heavy atom. The Morgan fingerprint density at radius 1 is 0.875 bits per heavy atom. The lowest BCUT2D eigenvalue weighted by molar-refractivity contribution is 0.220. The van der Waals surface area contributed by atoms with Gasteiger partial charge in [-0.3, -0.25) is 0 Å². The highest BCUT2D eigenvalue weighted by Gasteiger charge is 2.09. The van der Waals surface area contributed by atoms with Gasteiger partial charge in [0.2, 0.25) is 0 Å². The molecule has 2 aromatic carbocycles. The SMILES string of the molecule is Cc1ccc(C(O)c2ccc(Cl)cc2)cc1. The van der Waals surface area contributed by atoms with E-state index in [1.807, 2.05) is 43.3 Å². The zero-order valence-electron chi connectivity index (χ0n) is 9.02. The van der Waals surface area contributed by atoms with Gasteiger partial charge < -0.3 is 5.11 Å². The van der Waals surface area contributed by atoms with E-state index in [1.165, 1.54) is 5.56 Å². The van der Waals surface area contributed by atoms with Crippen molar-refractivity contribution in [2.45, 2.75) is 13.0 Å². The number of aliphatic hydroxyl groups excluding tert-OH is 1. The molecule has 0 saturated carbocycles. The Morgan fingerprint density at radius 2 is 1.31 bits per heavy atom. The van der Waals surface area contributed by atoms with Gasteiger partial charge in [-0.25, -0.2) is 0 Å². The fraction of sp³-hybridized carbons (Fsp3) is 0.143. The van der Waals surface area contributed by atoms with Gasteiger partial charge >= 0.3 is 0 Å². The van der Waals surface area contributed by atoms with E-state index in [-0.39, 0.29) is 0 Å². The molecule has 0 saturated heterocycles. The molecule has 1 N–H and O–H groups in total. The summed E-state index contributed by atoms with van der Waals surface area (Å²) >= 11 is 5.80. The van der Waals surface area contributed by atoms with Gasteiger partial charge in [0.15, 0.2) is 0 Å². The molecular formula is C14H13ClO. The van der Waals surface area contributed by atoms with Crippen LogP contribution in [0.2, 0.25) is 5.02 Å². The third-order valence-electron chi connectivity index (χ3n) is 2.58. The summed E-state index contributed by atoms with van der Waals surface area (Å²) in [5.41, 5.74) is 2.94. The normalized spacial score (nSPS) is 12.4. The van der Waals surface area contributed by atoms with E-state index >= 15 is 0 Å². The molecule has 0 fully saturated rings. The van der Waals surface area contributed by atoms with Crippen LogP contribution >= 0.6 is 11.6 Å². The molecule has 0 bridgehead atoms. The number of aryl methyl sites for hydroxylation is 1. The molecule has 0 spiro atoms. The van der Waals surface area contributed by atoms with Crippen molar-refractivity contribution in [1.82, 2.24) is 0 Å². The van der Waals surface area contributed by atoms with E-state index in [9.17, 15) is 5.11 Å². The minimum absolute atomic E-state index is 0.585. The van der Waals surface area contributed by atoms with Crippen molar-refractivity contribution in [3.63, 3.8) is 0 Å². The number of rotatable bonds is 2. The largest absolute Gasteiger partial charge is 0.384 e. The van der Waals surface area contributed by atoms with Gasteiger partial charge in [0, 0.05) is 5.02 Å². The molecule has 0 aliphatic carbocycles. The second kappa shape index (κ2) is 4.69. The molecule has 0 heterocycles. The molecule has 1 atom stereocenters. The zero-order chi connectivity index (χ0) is 11.5. The number of aliphatic hydroxyl groups is 1. The van der Waals surface area contributed by atoms with Crippen LogP contribution in [0.3, 0.4) is 0 Å². The summed E-state index contributed by atoms with van der Waals surface area (Å²) in [6, 6.07) is 15.1. The third-order valence-corrected chi connectivity index (χ3v) is 2.83. The van der Waals surface area contributed by atoms with E-state index < -0.39 is 6.10 Å². The summed E-state index contributed by atoms with van der Waals surface area (Å²) in [5, 5.41) is 10.8. The summed E-state index contributed by atoms with van der Waals surface area (Å²) in [6.45, 7) is 2.03. The first-order valence-corrected chi connectivity index (χ1v) is 5.55. The lowest BCUT2D eigenvalue weighted by Crippen LogP contribution is -1.98. The maximum Gasteiger partial charge on any atom is 0.104 e. The van der Waals surface area contributed by atoms with Gasteiger partial charge in [0.05, 0.1) is 0 Å². The van der Waals surface area contributed by atoms with Gasteiger partial charge in [-0.05, 0) is 30.2 Å². The Hall–Kier alpha value is -1.31. The Kier molecular flexibility index (Phi) is 3.28. The molecule has 2 aromatic rings. The molecule has 0 aliphatic heterocycles. The first-order chi connectivity index (χ1) is 7.66. The fourth-order valence-electron chi connectivity index (χ4n) is 1.59. The summed E-state index contributed by atoms with van der Waals surface area (Å²) in [7, 11) is 0. The van der Waals surface area contributed by atoms with Crippen LogP contribution in [0.5, 0.6) is 0 Å². The van der Waals surface area contributed by atoms with Gasteiger partial charge in [-0.15, -0.1) is 0 Å². The standard InChI is InChI=1S/C14H13ClO/c1-10-2-4-11(5-3-10)14(16)12-6-8-13(15)9-7-12/h2-9,14,16H,1H3. The first kappa shape index (κ1) is 11.2. The Labute approximate surface area is 100 Å². The van der Waals surface area contributed by atoms with Crippen molar-refractivity contribution in [2.75, 3.05) is 0 Å². The van der Waals surface area contributed by atoms with E-state index in [2.05, 4.69) is 0 Å². The van der Waals surface area contributed by atoms with Gasteiger partial charge in [0.1, 0.15) is 6.10 Å². The van der Waals surface area contributed by atoms with Crippen molar-refractivity contribution in [3.8, 4) is 0 Å². The summed E-state index contributed by atoms with van der Waals surface area (Å²) in [6.07, 6.45) is -0.585. The Balaban J connectivity index is 2.28. The average molecular weight is 233 g/mol. The van der Waals surface area contributed by atoms with Crippen molar-refractivity contribution in [3.05, 3.63) is 70.2 Å². The van der Waals surface area contributed by atoms with E-state index in [0.717, 1.165) is 11.1 Å². The lowest BCUT2D eigenvalue weighted by Gasteiger charge is -2.11. The van der Waals surface area contributed by atoms with Crippen LogP contribution in [0.1, 0.15) is 22.8 Å². The second-order valence-electron chi connectivity index (χ2n) is 3.86. The van der Waals surface area contributed by atoms with Gasteiger partial charge in [0.25, 0.3) is 0 Å². The molecule has 0 aliphatic rings. The highest BCUT2D eigenvalue weighted by atomic mass is 35.5. The minimum atomic E-state index is -0.585. The van der Waals surface area contributed by atoms with E-state index in [1.54, 1.807) is 12.1 Å². The van der Waals surface area contributed by atoms with Crippen molar-refractivity contribution >= 4 is 11.6 Å². The maximum atomic E-state index is 10.1. The van der Waals surface area contributed by atoms with Gasteiger partial charge in [-0.1, -0.05) is 53.6 Å². The van der Waals surface area contributed by atoms with Crippen LogP contribution < -0.4 is 0 Å². The van der Waals surface area contributed by atoms with E-state index in [0.29, 0.717) is 5.02 Å². The molecule has 2 rings (SSSR count). The fourth-order valence-corrected chi connectivity index (χ4v) is 1.71. The van der Waals surface area contributed by atoms with Crippen LogP contribution in [0.25, 0.3) is 0 Å². The van der Waals surface area contributed by atoms with Crippen molar-refractivity contribution in [1.29, 1.82) is 0 Å². The summed E-state index contributed by atoms with van der Waals surface area (Å²) in [4.78, 5) is 0. The Bertz CT molecular complexity index is 414. The maximum absolute atomic E-state index is 10.1. The zero-order valence-corrected chi connectivity index (χ0v) is 9.78. The van der Waals surface area contributed by atoms with Crippen LogP contribution in [0, 0.1) is 6.92 Å². The number of benzene rings is 2. The minimum Gasteiger partial charge on any atom is -0.384 e. The molecule has 16 heavy (non-hydrogen) atoms. The molecule has 82 valence electrons. The van der Waals surface area contributed by atoms with Gasteiger partial charge in [-0.2, -0.15) is 0 Å². The molecule has 2 heteroatoms.